The van der Waals surface area contributed by atoms with E-state index in [1.807, 2.05) is 36.7 Å². The lowest BCUT2D eigenvalue weighted by Gasteiger charge is -2.01. The second kappa shape index (κ2) is 6.31. The van der Waals surface area contributed by atoms with E-state index in [1.165, 1.54) is 0 Å². The van der Waals surface area contributed by atoms with Gasteiger partial charge in [-0.05, 0) is 24.1 Å². The van der Waals surface area contributed by atoms with Crippen molar-refractivity contribution in [3.8, 4) is 11.1 Å². The zero-order chi connectivity index (χ0) is 15.4. The summed E-state index contributed by atoms with van der Waals surface area (Å²) in [6.07, 6.45) is 16.4. The maximum atomic E-state index is 5.17. The van der Waals surface area contributed by atoms with Gasteiger partial charge >= 0.3 is 0 Å². The van der Waals surface area contributed by atoms with E-state index in [2.05, 4.69) is 35.6 Å². The first-order valence-corrected chi connectivity index (χ1v) is 7.31. The number of aromatic amines is 1. The molecule has 3 nitrogen and oxygen atoms in total. The fourth-order valence-electron chi connectivity index (χ4n) is 2.32. The summed E-state index contributed by atoms with van der Waals surface area (Å²) in [6, 6.07) is 4.05. The number of nitrogens with zero attached hydrogens (tertiary/aromatic N) is 1. The molecule has 0 unspecified atom stereocenters. The number of pyridine rings is 1. The first-order chi connectivity index (χ1) is 10.8. The normalized spacial score (nSPS) is 11.9. The zero-order valence-electron chi connectivity index (χ0n) is 12.5. The molecule has 0 radical (unpaired) electrons. The van der Waals surface area contributed by atoms with Gasteiger partial charge in [0.1, 0.15) is 5.65 Å². The standard InChI is InChI=1S/C19H18N2O/c1-3-4-5-6-7-14(2)16-10-17-18(15-8-9-22-13-15)12-21-19(17)20-11-16/h4-13H,2-3H2,1H3,(H,20,21)/b5-4-,7-6-. The molecule has 0 aliphatic heterocycles. The van der Waals surface area contributed by atoms with Crippen molar-refractivity contribution >= 4 is 16.6 Å². The highest BCUT2D eigenvalue weighted by Crippen LogP contribution is 2.29. The molecular weight excluding hydrogens is 272 g/mol. The number of furan rings is 1. The minimum atomic E-state index is 0.864. The fourth-order valence-corrected chi connectivity index (χ4v) is 2.32. The van der Waals surface area contributed by atoms with Crippen LogP contribution < -0.4 is 0 Å². The van der Waals surface area contributed by atoms with Gasteiger partial charge in [0.25, 0.3) is 0 Å². The molecule has 3 rings (SSSR count). The third-order valence-corrected chi connectivity index (χ3v) is 3.51. The predicted octanol–water partition coefficient (Wildman–Crippen LogP) is 5.36. The molecule has 1 N–H and O–H groups in total. The quantitative estimate of drug-likeness (QED) is 0.643. The van der Waals surface area contributed by atoms with Gasteiger partial charge in [-0.2, -0.15) is 0 Å². The van der Waals surface area contributed by atoms with Crippen molar-refractivity contribution in [3.05, 3.63) is 73.5 Å². The molecule has 0 aliphatic carbocycles. The average molecular weight is 290 g/mol. The Balaban J connectivity index is 1.95. The molecule has 0 saturated carbocycles. The lowest BCUT2D eigenvalue weighted by atomic mass is 10.0. The van der Waals surface area contributed by atoms with Crippen molar-refractivity contribution in [1.82, 2.24) is 9.97 Å². The van der Waals surface area contributed by atoms with Crippen LogP contribution in [-0.4, -0.2) is 9.97 Å². The van der Waals surface area contributed by atoms with E-state index in [0.29, 0.717) is 0 Å². The number of hydrogen-bond donors (Lipinski definition) is 1. The second-order valence-electron chi connectivity index (χ2n) is 5.06. The van der Waals surface area contributed by atoms with Crippen molar-refractivity contribution in [1.29, 1.82) is 0 Å². The van der Waals surface area contributed by atoms with Gasteiger partial charge < -0.3 is 9.40 Å². The molecule has 110 valence electrons. The summed E-state index contributed by atoms with van der Waals surface area (Å²) in [4.78, 5) is 7.67. The molecule has 0 aromatic carbocycles. The van der Waals surface area contributed by atoms with Crippen molar-refractivity contribution < 1.29 is 4.42 Å². The number of allylic oxidation sites excluding steroid dienone is 5. The molecule has 0 fully saturated rings. The number of aromatic nitrogens is 2. The van der Waals surface area contributed by atoms with Gasteiger partial charge in [-0.1, -0.05) is 37.8 Å². The van der Waals surface area contributed by atoms with Gasteiger partial charge in [-0.15, -0.1) is 0 Å². The van der Waals surface area contributed by atoms with Crippen LogP contribution in [-0.2, 0) is 0 Å². The van der Waals surface area contributed by atoms with E-state index in [1.54, 1.807) is 12.5 Å². The molecule has 22 heavy (non-hydrogen) atoms. The summed E-state index contributed by atoms with van der Waals surface area (Å²) in [5.41, 5.74) is 4.94. The molecule has 0 spiro atoms. The molecular formula is C19H18N2O. The number of rotatable bonds is 5. The van der Waals surface area contributed by atoms with Crippen molar-refractivity contribution in [2.24, 2.45) is 0 Å². The maximum Gasteiger partial charge on any atom is 0.137 e. The van der Waals surface area contributed by atoms with E-state index in [4.69, 9.17) is 4.42 Å². The lowest BCUT2D eigenvalue weighted by molar-refractivity contribution is 0.568. The highest BCUT2D eigenvalue weighted by Gasteiger charge is 2.09. The van der Waals surface area contributed by atoms with E-state index >= 15 is 0 Å². The number of H-pyrrole nitrogens is 1. The fraction of sp³-hybridized carbons (Fsp3) is 0.105. The highest BCUT2D eigenvalue weighted by molar-refractivity contribution is 5.95. The Labute approximate surface area is 129 Å². The predicted molar refractivity (Wildman–Crippen MR) is 91.4 cm³/mol. The summed E-state index contributed by atoms with van der Waals surface area (Å²) < 4.78 is 5.17. The third-order valence-electron chi connectivity index (χ3n) is 3.51. The number of nitrogens with one attached hydrogen (secondary N) is 1. The highest BCUT2D eigenvalue weighted by atomic mass is 16.3. The van der Waals surface area contributed by atoms with E-state index in [0.717, 1.165) is 39.7 Å². The van der Waals surface area contributed by atoms with E-state index in [9.17, 15) is 0 Å². The van der Waals surface area contributed by atoms with Crippen LogP contribution in [0.1, 0.15) is 18.9 Å². The van der Waals surface area contributed by atoms with Crippen LogP contribution in [0.3, 0.4) is 0 Å². The van der Waals surface area contributed by atoms with Crippen molar-refractivity contribution in [2.75, 3.05) is 0 Å². The molecule has 0 aliphatic rings. The van der Waals surface area contributed by atoms with Gasteiger partial charge in [0, 0.05) is 34.5 Å². The van der Waals surface area contributed by atoms with Crippen LogP contribution in [0.4, 0.5) is 0 Å². The van der Waals surface area contributed by atoms with Crippen LogP contribution in [0.5, 0.6) is 0 Å². The smallest absolute Gasteiger partial charge is 0.137 e. The SMILES string of the molecule is C=C(/C=C\C=C/CC)c1cnc2[nH]cc(-c3ccoc3)c2c1. The molecule has 3 aromatic rings. The van der Waals surface area contributed by atoms with Gasteiger partial charge in [0.15, 0.2) is 0 Å². The second-order valence-corrected chi connectivity index (χ2v) is 5.06. The average Bonchev–Trinajstić information content (AvgIpc) is 3.19. The Kier molecular flexibility index (Phi) is 4.05. The van der Waals surface area contributed by atoms with Crippen LogP contribution in [0.15, 0.2) is 72.4 Å². The van der Waals surface area contributed by atoms with Crippen LogP contribution >= 0.6 is 0 Å². The molecule has 0 amide bonds. The van der Waals surface area contributed by atoms with E-state index < -0.39 is 0 Å². The van der Waals surface area contributed by atoms with Gasteiger partial charge in [0.2, 0.25) is 0 Å². The minimum Gasteiger partial charge on any atom is -0.472 e. The van der Waals surface area contributed by atoms with Gasteiger partial charge in [-0.25, -0.2) is 4.98 Å². The summed E-state index contributed by atoms with van der Waals surface area (Å²) in [6.45, 7) is 6.23. The summed E-state index contributed by atoms with van der Waals surface area (Å²) >= 11 is 0. The molecule has 0 atom stereocenters. The van der Waals surface area contributed by atoms with Crippen molar-refractivity contribution in [2.45, 2.75) is 13.3 Å². The monoisotopic (exact) mass is 290 g/mol. The Hall–Kier alpha value is -2.81. The summed E-state index contributed by atoms with van der Waals surface area (Å²) in [5.74, 6) is 0. The maximum absolute atomic E-state index is 5.17. The third kappa shape index (κ3) is 2.79. The van der Waals surface area contributed by atoms with Gasteiger partial charge in [0.05, 0.1) is 12.5 Å². The molecule has 0 bridgehead atoms. The number of fused-ring (bicyclic) bond motifs is 1. The Morgan fingerprint density at radius 2 is 2.32 bits per heavy atom. The Bertz CT molecular complexity index is 836. The molecule has 3 heterocycles. The van der Waals surface area contributed by atoms with Crippen LogP contribution in [0.25, 0.3) is 27.7 Å². The van der Waals surface area contributed by atoms with Crippen molar-refractivity contribution in [3.63, 3.8) is 0 Å². The Morgan fingerprint density at radius 1 is 1.41 bits per heavy atom. The zero-order valence-corrected chi connectivity index (χ0v) is 12.5. The first kappa shape index (κ1) is 14.1. The molecule has 0 saturated heterocycles. The minimum absolute atomic E-state index is 0.864. The summed E-state index contributed by atoms with van der Waals surface area (Å²) in [7, 11) is 0. The van der Waals surface area contributed by atoms with Gasteiger partial charge in [-0.3, -0.25) is 0 Å². The summed E-state index contributed by atoms with van der Waals surface area (Å²) in [5, 5.41) is 1.07. The topological polar surface area (TPSA) is 41.8 Å². The lowest BCUT2D eigenvalue weighted by Crippen LogP contribution is -1.84. The van der Waals surface area contributed by atoms with Crippen LogP contribution in [0.2, 0.25) is 0 Å². The largest absolute Gasteiger partial charge is 0.472 e. The Morgan fingerprint density at radius 3 is 3.09 bits per heavy atom. The van der Waals surface area contributed by atoms with Crippen LogP contribution in [0, 0.1) is 0 Å². The molecule has 3 aromatic heterocycles. The number of hydrogen-bond acceptors (Lipinski definition) is 2. The first-order valence-electron chi connectivity index (χ1n) is 7.31. The van der Waals surface area contributed by atoms with E-state index in [-0.39, 0.29) is 0 Å². The molecule has 3 heteroatoms.